The normalized spacial score (nSPS) is 11.8. The highest BCUT2D eigenvalue weighted by molar-refractivity contribution is 14.0. The van der Waals surface area contributed by atoms with Gasteiger partial charge in [0.2, 0.25) is 0 Å². The van der Waals surface area contributed by atoms with Crippen molar-refractivity contribution in [3.05, 3.63) is 52.9 Å². The third kappa shape index (κ3) is 8.34. The number of hydrogen-bond donors (Lipinski definition) is 2. The smallest absolute Gasteiger partial charge is 0.191 e. The van der Waals surface area contributed by atoms with Gasteiger partial charge in [-0.25, -0.2) is 4.99 Å². The minimum atomic E-state index is 0. The molecule has 0 aliphatic rings. The van der Waals surface area contributed by atoms with E-state index in [9.17, 15) is 0 Å². The Labute approximate surface area is 192 Å². The monoisotopic (exact) mass is 513 g/mol. The predicted octanol–water partition coefficient (Wildman–Crippen LogP) is 4.51. The molecule has 0 aliphatic carbocycles. The lowest BCUT2D eigenvalue weighted by atomic mass is 10.1. The molecule has 7 heteroatoms. The predicted molar refractivity (Wildman–Crippen MR) is 131 cm³/mol. The molecule has 0 aliphatic heterocycles. The van der Waals surface area contributed by atoms with E-state index in [1.807, 2.05) is 6.07 Å². The van der Waals surface area contributed by atoms with E-state index in [0.717, 1.165) is 30.5 Å². The van der Waals surface area contributed by atoms with Crippen LogP contribution < -0.4 is 10.6 Å². The van der Waals surface area contributed by atoms with Crippen LogP contribution in [0.1, 0.15) is 63.1 Å². The summed E-state index contributed by atoms with van der Waals surface area (Å²) in [5.41, 5.74) is 3.53. The minimum absolute atomic E-state index is 0. The third-order valence-electron chi connectivity index (χ3n) is 4.77. The van der Waals surface area contributed by atoms with Crippen molar-refractivity contribution in [1.29, 1.82) is 0 Å². The molecule has 2 N–H and O–H groups in total. The molecular weight excluding hydrogens is 477 g/mol. The van der Waals surface area contributed by atoms with Crippen LogP contribution in [0.5, 0.6) is 0 Å². The average molecular weight is 513 g/mol. The van der Waals surface area contributed by atoms with E-state index in [2.05, 4.69) is 86.6 Å². The fraction of sp³-hybridized carbons (Fsp3) is 0.545. The van der Waals surface area contributed by atoms with Gasteiger partial charge >= 0.3 is 0 Å². The topological polar surface area (TPSA) is 65.7 Å². The highest BCUT2D eigenvalue weighted by atomic mass is 127. The lowest BCUT2D eigenvalue weighted by Gasteiger charge is -2.22. The number of nitrogens with one attached hydrogen (secondary N) is 2. The molecule has 0 amide bonds. The maximum atomic E-state index is 5.40. The van der Waals surface area contributed by atoms with Gasteiger partial charge in [-0.1, -0.05) is 43.3 Å². The van der Waals surface area contributed by atoms with Crippen molar-refractivity contribution in [3.8, 4) is 0 Å². The van der Waals surface area contributed by atoms with Gasteiger partial charge in [-0.3, -0.25) is 4.90 Å². The van der Waals surface area contributed by atoms with Gasteiger partial charge in [-0.15, -0.1) is 24.0 Å². The van der Waals surface area contributed by atoms with Gasteiger partial charge in [0, 0.05) is 25.2 Å². The molecule has 0 bridgehead atoms. The van der Waals surface area contributed by atoms with Crippen LogP contribution in [-0.2, 0) is 19.6 Å². The van der Waals surface area contributed by atoms with Crippen LogP contribution in [0.15, 0.2) is 39.8 Å². The number of aliphatic imine (C=N–C) groups is 1. The Morgan fingerprint density at radius 3 is 2.41 bits per heavy atom. The number of hydrogen-bond acceptors (Lipinski definition) is 4. The molecular formula is C22H36IN5O. The van der Waals surface area contributed by atoms with E-state index in [-0.39, 0.29) is 24.0 Å². The summed E-state index contributed by atoms with van der Waals surface area (Å²) in [6.45, 7) is 13.6. The van der Waals surface area contributed by atoms with E-state index in [0.29, 0.717) is 25.0 Å². The average Bonchev–Trinajstić information content (AvgIpc) is 3.14. The maximum Gasteiger partial charge on any atom is 0.191 e. The van der Waals surface area contributed by atoms with Crippen molar-refractivity contribution >= 4 is 29.9 Å². The number of nitrogens with zero attached hydrogens (tertiary/aromatic N) is 3. The van der Waals surface area contributed by atoms with Crippen LogP contribution in [0.2, 0.25) is 0 Å². The van der Waals surface area contributed by atoms with E-state index in [1.165, 1.54) is 11.1 Å². The second-order valence-electron chi connectivity index (χ2n) is 7.70. The number of aromatic nitrogens is 1. The molecule has 0 fully saturated rings. The third-order valence-corrected chi connectivity index (χ3v) is 4.77. The van der Waals surface area contributed by atoms with Gasteiger partial charge in [0.15, 0.2) is 11.7 Å². The molecule has 0 radical (unpaired) electrons. The van der Waals surface area contributed by atoms with Gasteiger partial charge in [0.05, 0.1) is 18.8 Å². The molecule has 0 atom stereocenters. The summed E-state index contributed by atoms with van der Waals surface area (Å²) >= 11 is 0. The molecule has 162 valence electrons. The van der Waals surface area contributed by atoms with Crippen molar-refractivity contribution in [2.24, 2.45) is 4.99 Å². The highest BCUT2D eigenvalue weighted by Gasteiger charge is 2.10. The van der Waals surface area contributed by atoms with E-state index in [4.69, 9.17) is 9.52 Å². The molecule has 1 aromatic carbocycles. The molecule has 0 saturated heterocycles. The molecule has 2 rings (SSSR count). The molecule has 1 heterocycles. The molecule has 6 nitrogen and oxygen atoms in total. The van der Waals surface area contributed by atoms with Crippen LogP contribution >= 0.6 is 24.0 Å². The zero-order valence-electron chi connectivity index (χ0n) is 18.5. The standard InChI is InChI=1S/C22H35N5O.HI/c1-7-23-22(25-14-20-12-21(16(2)3)26-28-20)24-13-18-10-8-9-11-19(18)15-27(6)17(4)5;/h8-12,16-17H,7,13-15H2,1-6H3,(H2,23,24,25);1H. The van der Waals surface area contributed by atoms with E-state index >= 15 is 0 Å². The van der Waals surface area contributed by atoms with Crippen LogP contribution in [0.4, 0.5) is 0 Å². The zero-order chi connectivity index (χ0) is 20.5. The first-order valence-electron chi connectivity index (χ1n) is 10.1. The summed E-state index contributed by atoms with van der Waals surface area (Å²) < 4.78 is 5.40. The number of halogens is 1. The Hall–Kier alpha value is -1.61. The van der Waals surface area contributed by atoms with Crippen molar-refractivity contribution in [2.45, 2.75) is 66.2 Å². The van der Waals surface area contributed by atoms with Crippen LogP contribution in [0.25, 0.3) is 0 Å². The number of guanidine groups is 1. The highest BCUT2D eigenvalue weighted by Crippen LogP contribution is 2.15. The van der Waals surface area contributed by atoms with Gasteiger partial charge < -0.3 is 15.2 Å². The fourth-order valence-electron chi connectivity index (χ4n) is 2.68. The second-order valence-corrected chi connectivity index (χ2v) is 7.70. The Bertz CT molecular complexity index is 757. The molecule has 1 aromatic heterocycles. The SMILES string of the molecule is CCNC(=NCc1ccccc1CN(C)C(C)C)NCc1cc(C(C)C)no1.I. The summed E-state index contributed by atoms with van der Waals surface area (Å²) in [6, 6.07) is 11.0. The first-order chi connectivity index (χ1) is 13.4. The van der Waals surface area contributed by atoms with Crippen LogP contribution in [0, 0.1) is 0 Å². The lowest BCUT2D eigenvalue weighted by molar-refractivity contribution is 0.265. The largest absolute Gasteiger partial charge is 0.359 e. The maximum absolute atomic E-state index is 5.40. The van der Waals surface area contributed by atoms with Gasteiger partial charge in [-0.05, 0) is 44.9 Å². The van der Waals surface area contributed by atoms with E-state index in [1.54, 1.807) is 0 Å². The Morgan fingerprint density at radius 1 is 1.14 bits per heavy atom. The molecule has 0 unspecified atom stereocenters. The summed E-state index contributed by atoms with van der Waals surface area (Å²) in [7, 11) is 2.15. The first-order valence-corrected chi connectivity index (χ1v) is 10.1. The summed E-state index contributed by atoms with van der Waals surface area (Å²) in [4.78, 5) is 7.10. The second kappa shape index (κ2) is 12.8. The van der Waals surface area contributed by atoms with Gasteiger partial charge in [0.1, 0.15) is 0 Å². The zero-order valence-corrected chi connectivity index (χ0v) is 20.9. The quantitative estimate of drug-likeness (QED) is 0.294. The van der Waals surface area contributed by atoms with Crippen molar-refractivity contribution in [1.82, 2.24) is 20.7 Å². The molecule has 0 saturated carbocycles. The summed E-state index contributed by atoms with van der Waals surface area (Å²) in [5.74, 6) is 1.95. The fourth-order valence-corrected chi connectivity index (χ4v) is 2.68. The first kappa shape index (κ1) is 25.4. The Balaban J connectivity index is 0.00000420. The van der Waals surface area contributed by atoms with E-state index < -0.39 is 0 Å². The van der Waals surface area contributed by atoms with Crippen molar-refractivity contribution in [3.63, 3.8) is 0 Å². The Morgan fingerprint density at radius 2 is 1.83 bits per heavy atom. The summed E-state index contributed by atoms with van der Waals surface area (Å²) in [6.07, 6.45) is 0. The molecule has 29 heavy (non-hydrogen) atoms. The Kier molecular flexibility index (Phi) is 11.3. The van der Waals surface area contributed by atoms with Crippen molar-refractivity contribution < 1.29 is 4.52 Å². The van der Waals surface area contributed by atoms with Gasteiger partial charge in [0.25, 0.3) is 0 Å². The molecule has 2 aromatic rings. The number of benzene rings is 1. The van der Waals surface area contributed by atoms with Crippen molar-refractivity contribution in [2.75, 3.05) is 13.6 Å². The van der Waals surface area contributed by atoms with Gasteiger partial charge in [-0.2, -0.15) is 0 Å². The minimum Gasteiger partial charge on any atom is -0.359 e. The lowest BCUT2D eigenvalue weighted by Crippen LogP contribution is -2.36. The van der Waals surface area contributed by atoms with Crippen LogP contribution in [-0.4, -0.2) is 35.7 Å². The molecule has 0 spiro atoms. The summed E-state index contributed by atoms with van der Waals surface area (Å²) in [5, 5.41) is 10.7. The van der Waals surface area contributed by atoms with Crippen LogP contribution in [0.3, 0.4) is 0 Å². The number of rotatable bonds is 9.